The highest BCUT2D eigenvalue weighted by Gasteiger charge is 2.33. The van der Waals surface area contributed by atoms with Crippen molar-refractivity contribution in [2.24, 2.45) is 18.9 Å². The maximum Gasteiger partial charge on any atom is 0.276 e. The smallest absolute Gasteiger partial charge is 0.276 e. The predicted octanol–water partition coefficient (Wildman–Crippen LogP) is 1.26. The number of nitrogens with two attached hydrogens (primary N) is 1. The minimum atomic E-state index is 0.00639. The molecule has 1 aromatic heterocycles. The second-order valence-electron chi connectivity index (χ2n) is 5.70. The molecule has 2 saturated carbocycles. The lowest BCUT2D eigenvalue weighted by atomic mass is 10.2. The van der Waals surface area contributed by atoms with Crippen molar-refractivity contribution in [3.8, 4) is 0 Å². The van der Waals surface area contributed by atoms with Gasteiger partial charge in [-0.15, -0.1) is 0 Å². The molecule has 0 radical (unpaired) electrons. The van der Waals surface area contributed by atoms with Gasteiger partial charge in [0.15, 0.2) is 5.69 Å². The normalized spacial score (nSPS) is 18.9. The summed E-state index contributed by atoms with van der Waals surface area (Å²) in [5, 5.41) is 4.19. The van der Waals surface area contributed by atoms with E-state index in [1.54, 1.807) is 17.9 Å². The van der Waals surface area contributed by atoms with Gasteiger partial charge in [0, 0.05) is 26.3 Å². The fraction of sp³-hybridized carbons (Fsp3) is 0.692. The van der Waals surface area contributed by atoms with E-state index >= 15 is 0 Å². The molecule has 0 unspecified atom stereocenters. The van der Waals surface area contributed by atoms with Gasteiger partial charge in [-0.3, -0.25) is 9.48 Å². The first-order valence-electron chi connectivity index (χ1n) is 6.72. The summed E-state index contributed by atoms with van der Waals surface area (Å²) in [4.78, 5) is 14.4. The van der Waals surface area contributed by atoms with Crippen molar-refractivity contribution in [1.82, 2.24) is 14.7 Å². The summed E-state index contributed by atoms with van der Waals surface area (Å²) in [5.41, 5.74) is 6.74. The van der Waals surface area contributed by atoms with E-state index in [0.717, 1.165) is 13.1 Å². The first-order chi connectivity index (χ1) is 8.63. The van der Waals surface area contributed by atoms with Crippen LogP contribution in [-0.2, 0) is 7.05 Å². The van der Waals surface area contributed by atoms with E-state index in [2.05, 4.69) is 5.10 Å². The number of hydrogen-bond donors (Lipinski definition) is 1. The van der Waals surface area contributed by atoms with Gasteiger partial charge in [0.05, 0.1) is 5.69 Å². The maximum absolute atomic E-state index is 12.5. The Morgan fingerprint density at radius 3 is 2.33 bits per heavy atom. The molecule has 0 aliphatic heterocycles. The Labute approximate surface area is 107 Å². The maximum atomic E-state index is 12.5. The molecule has 3 rings (SSSR count). The van der Waals surface area contributed by atoms with Crippen molar-refractivity contribution in [1.29, 1.82) is 0 Å². The summed E-state index contributed by atoms with van der Waals surface area (Å²) >= 11 is 0. The summed E-state index contributed by atoms with van der Waals surface area (Å²) < 4.78 is 1.61. The number of carbonyl (C=O) groups excluding carboxylic acids is 1. The van der Waals surface area contributed by atoms with Gasteiger partial charge in [-0.05, 0) is 37.5 Å². The fourth-order valence-corrected chi connectivity index (χ4v) is 2.29. The molecular formula is C13H20N4O. The van der Waals surface area contributed by atoms with Crippen LogP contribution >= 0.6 is 0 Å². The van der Waals surface area contributed by atoms with Crippen LogP contribution < -0.4 is 5.73 Å². The van der Waals surface area contributed by atoms with E-state index in [1.807, 2.05) is 4.90 Å². The fourth-order valence-electron chi connectivity index (χ4n) is 2.29. The van der Waals surface area contributed by atoms with E-state index in [0.29, 0.717) is 23.2 Å². The summed E-state index contributed by atoms with van der Waals surface area (Å²) in [6.45, 7) is 1.76. The van der Waals surface area contributed by atoms with E-state index < -0.39 is 0 Å². The molecule has 1 aromatic rings. The number of carbonyl (C=O) groups is 1. The van der Waals surface area contributed by atoms with Gasteiger partial charge in [0.25, 0.3) is 5.91 Å². The molecule has 0 aromatic carbocycles. The van der Waals surface area contributed by atoms with Crippen LogP contribution in [0.5, 0.6) is 0 Å². The van der Waals surface area contributed by atoms with Crippen LogP contribution in [-0.4, -0.2) is 33.7 Å². The highest BCUT2D eigenvalue weighted by atomic mass is 16.2. The zero-order valence-corrected chi connectivity index (χ0v) is 10.8. The van der Waals surface area contributed by atoms with Crippen LogP contribution in [0, 0.1) is 11.8 Å². The molecule has 2 N–H and O–H groups in total. The molecule has 5 heteroatoms. The van der Waals surface area contributed by atoms with E-state index in [9.17, 15) is 4.79 Å². The van der Waals surface area contributed by atoms with Crippen LogP contribution in [0.2, 0.25) is 0 Å². The van der Waals surface area contributed by atoms with Crippen molar-refractivity contribution in [3.63, 3.8) is 0 Å². The molecular weight excluding hydrogens is 228 g/mol. The summed E-state index contributed by atoms with van der Waals surface area (Å²) in [5.74, 6) is 1.42. The Balaban J connectivity index is 1.74. The lowest BCUT2D eigenvalue weighted by Crippen LogP contribution is -2.35. The number of anilines is 1. The number of nitrogens with zero attached hydrogens (tertiary/aromatic N) is 3. The van der Waals surface area contributed by atoms with Crippen LogP contribution in [0.3, 0.4) is 0 Å². The molecule has 5 nitrogen and oxygen atoms in total. The molecule has 1 heterocycles. The van der Waals surface area contributed by atoms with Crippen LogP contribution in [0.15, 0.2) is 6.20 Å². The minimum absolute atomic E-state index is 0.00639. The Morgan fingerprint density at radius 1 is 1.39 bits per heavy atom. The van der Waals surface area contributed by atoms with E-state index in [4.69, 9.17) is 5.73 Å². The average molecular weight is 248 g/mol. The number of hydrogen-bond acceptors (Lipinski definition) is 3. The zero-order chi connectivity index (χ0) is 12.7. The van der Waals surface area contributed by atoms with Crippen molar-refractivity contribution >= 4 is 11.6 Å². The largest absolute Gasteiger partial charge is 0.396 e. The molecule has 1 amide bonds. The molecule has 0 spiro atoms. The molecule has 2 aliphatic rings. The Morgan fingerprint density at radius 2 is 1.94 bits per heavy atom. The molecule has 0 saturated heterocycles. The number of nitrogen functional groups attached to an aromatic ring is 1. The molecule has 0 atom stereocenters. The van der Waals surface area contributed by atoms with E-state index in [-0.39, 0.29) is 5.91 Å². The van der Waals surface area contributed by atoms with Gasteiger partial charge < -0.3 is 10.6 Å². The Kier molecular flexibility index (Phi) is 2.76. The third kappa shape index (κ3) is 2.49. The third-order valence-electron chi connectivity index (χ3n) is 3.70. The van der Waals surface area contributed by atoms with Crippen molar-refractivity contribution < 1.29 is 4.79 Å². The number of rotatable bonds is 5. The molecule has 2 fully saturated rings. The topological polar surface area (TPSA) is 64.2 Å². The number of aromatic nitrogens is 2. The first kappa shape index (κ1) is 11.6. The Hall–Kier alpha value is -1.52. The summed E-state index contributed by atoms with van der Waals surface area (Å²) in [6.07, 6.45) is 6.72. The number of aryl methyl sites for hydroxylation is 1. The van der Waals surface area contributed by atoms with Crippen LogP contribution in [0.1, 0.15) is 36.2 Å². The van der Waals surface area contributed by atoms with Crippen LogP contribution in [0.25, 0.3) is 0 Å². The zero-order valence-electron chi connectivity index (χ0n) is 10.8. The van der Waals surface area contributed by atoms with Crippen molar-refractivity contribution in [3.05, 3.63) is 11.9 Å². The quantitative estimate of drug-likeness (QED) is 0.853. The molecule has 98 valence electrons. The van der Waals surface area contributed by atoms with E-state index in [1.165, 1.54) is 25.7 Å². The van der Waals surface area contributed by atoms with Gasteiger partial charge in [-0.2, -0.15) is 5.10 Å². The Bertz CT molecular complexity index is 446. The predicted molar refractivity (Wildman–Crippen MR) is 69.0 cm³/mol. The average Bonchev–Trinajstić information content (AvgIpc) is 3.20. The summed E-state index contributed by atoms with van der Waals surface area (Å²) in [7, 11) is 1.79. The molecule has 18 heavy (non-hydrogen) atoms. The van der Waals surface area contributed by atoms with Crippen molar-refractivity contribution in [2.75, 3.05) is 18.8 Å². The third-order valence-corrected chi connectivity index (χ3v) is 3.70. The van der Waals surface area contributed by atoms with Gasteiger partial charge >= 0.3 is 0 Å². The highest BCUT2D eigenvalue weighted by molar-refractivity contribution is 5.97. The monoisotopic (exact) mass is 248 g/mol. The minimum Gasteiger partial charge on any atom is -0.396 e. The van der Waals surface area contributed by atoms with Gasteiger partial charge in [-0.25, -0.2) is 0 Å². The molecule has 2 aliphatic carbocycles. The lowest BCUT2D eigenvalue weighted by Gasteiger charge is -2.21. The SMILES string of the molecule is Cn1cc(N)c(C(=O)N(CC2CC2)CC2CC2)n1. The van der Waals surface area contributed by atoms with Gasteiger partial charge in [0.1, 0.15) is 0 Å². The van der Waals surface area contributed by atoms with Gasteiger partial charge in [-0.1, -0.05) is 0 Å². The van der Waals surface area contributed by atoms with Gasteiger partial charge in [0.2, 0.25) is 0 Å². The number of amides is 1. The first-order valence-corrected chi connectivity index (χ1v) is 6.72. The van der Waals surface area contributed by atoms with Crippen LogP contribution in [0.4, 0.5) is 5.69 Å². The summed E-state index contributed by atoms with van der Waals surface area (Å²) in [6, 6.07) is 0. The van der Waals surface area contributed by atoms with Crippen molar-refractivity contribution in [2.45, 2.75) is 25.7 Å². The second kappa shape index (κ2) is 4.30. The standard InChI is InChI=1S/C13H20N4O/c1-16-8-11(14)12(15-16)13(18)17(6-9-2-3-9)7-10-4-5-10/h8-10H,2-7,14H2,1H3. The highest BCUT2D eigenvalue weighted by Crippen LogP contribution is 2.34. The molecule has 0 bridgehead atoms. The second-order valence-corrected chi connectivity index (χ2v) is 5.70. The lowest BCUT2D eigenvalue weighted by molar-refractivity contribution is 0.0734.